The number of urea groups is 1. The number of rotatable bonds is 4. The van der Waals surface area contributed by atoms with E-state index >= 15 is 0 Å². The minimum atomic E-state index is -0.487. The maximum Gasteiger partial charge on any atom is 0.318 e. The van der Waals surface area contributed by atoms with Gasteiger partial charge in [-0.05, 0) is 55.4 Å². The quantitative estimate of drug-likeness (QED) is 0.871. The van der Waals surface area contributed by atoms with Crippen molar-refractivity contribution < 1.29 is 14.6 Å². The molecule has 0 radical (unpaired) electrons. The number of ether oxygens (including phenoxy) is 1. The molecule has 5 aliphatic rings. The molecule has 2 amide bonds. The number of carbonyl (C=O) groups is 1. The molecule has 3 atom stereocenters. The normalized spacial score (nSPS) is 43.8. The zero-order chi connectivity index (χ0) is 17.9. The summed E-state index contributed by atoms with van der Waals surface area (Å²) in [5.74, 6) is 1.52. The second kappa shape index (κ2) is 5.70. The largest absolute Gasteiger partial charge is 0.390 e. The van der Waals surface area contributed by atoms with Crippen LogP contribution in [0.1, 0.15) is 37.7 Å². The van der Waals surface area contributed by atoms with Crippen LogP contribution in [0.5, 0.6) is 0 Å². The third-order valence-corrected chi connectivity index (χ3v) is 7.32. The minimum Gasteiger partial charge on any atom is -0.390 e. The molecule has 1 saturated heterocycles. The molecule has 1 aromatic carbocycles. The van der Waals surface area contributed by atoms with E-state index in [1.807, 2.05) is 18.2 Å². The van der Waals surface area contributed by atoms with E-state index in [-0.39, 0.29) is 12.1 Å². The number of benzene rings is 1. The van der Waals surface area contributed by atoms with Crippen LogP contribution in [0.25, 0.3) is 0 Å². The summed E-state index contributed by atoms with van der Waals surface area (Å²) in [5.41, 5.74) is 0.144. The molecule has 4 saturated carbocycles. The number of nitrogens with zero attached hydrogens (tertiary/aromatic N) is 1. The summed E-state index contributed by atoms with van der Waals surface area (Å²) in [6.07, 6.45) is 5.01. The maximum absolute atomic E-state index is 13.0. The summed E-state index contributed by atoms with van der Waals surface area (Å²) in [6, 6.07) is 10.5. The molecule has 1 heterocycles. The van der Waals surface area contributed by atoms with Crippen molar-refractivity contribution >= 4 is 6.03 Å². The van der Waals surface area contributed by atoms with Crippen LogP contribution < -0.4 is 5.32 Å². The lowest BCUT2D eigenvalue weighted by Crippen LogP contribution is -2.62. The van der Waals surface area contributed by atoms with Gasteiger partial charge in [-0.15, -0.1) is 0 Å². The fraction of sp³-hybridized carbons (Fsp3) is 0.667. The van der Waals surface area contributed by atoms with E-state index in [2.05, 4.69) is 22.3 Å². The highest BCUT2D eigenvalue weighted by atomic mass is 16.5. The molecule has 6 rings (SSSR count). The third kappa shape index (κ3) is 2.40. The van der Waals surface area contributed by atoms with Crippen molar-refractivity contribution in [2.75, 3.05) is 20.3 Å². The van der Waals surface area contributed by atoms with Crippen molar-refractivity contribution in [1.29, 1.82) is 0 Å². The standard InChI is InChI=1S/C21H28N2O3/c1-26-13-21(17-5-3-2-4-6-17)12-23(19(24)22-21)18-15-7-14-8-16(18)11-20(25,9-14)10-15/h2-6,14-16,18,25H,7-13H2,1H3,(H,22,24). The van der Waals surface area contributed by atoms with Crippen LogP contribution in [-0.2, 0) is 10.3 Å². The topological polar surface area (TPSA) is 61.8 Å². The number of methoxy groups -OCH3 is 1. The van der Waals surface area contributed by atoms with Gasteiger partial charge in [-0.2, -0.15) is 0 Å². The van der Waals surface area contributed by atoms with E-state index < -0.39 is 11.1 Å². The SMILES string of the molecule is COCC1(c2ccccc2)CN(C2C3CC4CC2CC(O)(C4)C3)C(=O)N1. The van der Waals surface area contributed by atoms with Crippen LogP contribution in [0.3, 0.4) is 0 Å². The molecule has 4 bridgehead atoms. The van der Waals surface area contributed by atoms with Gasteiger partial charge in [-0.1, -0.05) is 30.3 Å². The Balaban J connectivity index is 1.45. The van der Waals surface area contributed by atoms with E-state index in [1.54, 1.807) is 7.11 Å². The molecule has 1 aliphatic heterocycles. The Kier molecular flexibility index (Phi) is 3.63. The maximum atomic E-state index is 13.0. The lowest BCUT2D eigenvalue weighted by molar-refractivity contribution is -0.153. The van der Waals surface area contributed by atoms with E-state index in [0.29, 0.717) is 30.9 Å². The molecule has 26 heavy (non-hydrogen) atoms. The number of aliphatic hydroxyl groups is 1. The molecular weight excluding hydrogens is 328 g/mol. The van der Waals surface area contributed by atoms with Crippen LogP contribution in [-0.4, -0.2) is 47.9 Å². The number of hydrogen-bond acceptors (Lipinski definition) is 3. The Morgan fingerprint density at radius 1 is 1.19 bits per heavy atom. The zero-order valence-corrected chi connectivity index (χ0v) is 15.4. The van der Waals surface area contributed by atoms with Gasteiger partial charge in [0.2, 0.25) is 0 Å². The Morgan fingerprint density at radius 3 is 2.50 bits per heavy atom. The first kappa shape index (κ1) is 16.6. The van der Waals surface area contributed by atoms with Crippen LogP contribution in [0.2, 0.25) is 0 Å². The lowest BCUT2D eigenvalue weighted by atomic mass is 9.52. The molecule has 5 fully saturated rings. The highest BCUT2D eigenvalue weighted by molar-refractivity contribution is 5.79. The number of amides is 2. The molecule has 0 aromatic heterocycles. The Bertz CT molecular complexity index is 692. The van der Waals surface area contributed by atoms with Gasteiger partial charge < -0.3 is 20.1 Å². The molecule has 1 aromatic rings. The van der Waals surface area contributed by atoms with Crippen molar-refractivity contribution in [2.24, 2.45) is 17.8 Å². The van der Waals surface area contributed by atoms with Crippen molar-refractivity contribution in [1.82, 2.24) is 10.2 Å². The predicted octanol–water partition coefficient (Wildman–Crippen LogP) is 2.49. The first-order chi connectivity index (χ1) is 12.5. The molecule has 140 valence electrons. The Labute approximate surface area is 154 Å². The van der Waals surface area contributed by atoms with Crippen molar-refractivity contribution in [3.05, 3.63) is 35.9 Å². The average molecular weight is 356 g/mol. The first-order valence-electron chi connectivity index (χ1n) is 9.88. The lowest BCUT2D eigenvalue weighted by Gasteiger charge is -2.59. The summed E-state index contributed by atoms with van der Waals surface area (Å²) in [5, 5.41) is 14.1. The fourth-order valence-electron chi connectivity index (χ4n) is 6.72. The second-order valence-corrected chi connectivity index (χ2v) is 9.12. The molecule has 2 N–H and O–H groups in total. The fourth-order valence-corrected chi connectivity index (χ4v) is 6.72. The molecule has 5 heteroatoms. The van der Waals surface area contributed by atoms with Crippen molar-refractivity contribution in [2.45, 2.75) is 49.3 Å². The van der Waals surface area contributed by atoms with E-state index in [9.17, 15) is 9.90 Å². The molecule has 0 spiro atoms. The molecule has 3 unspecified atom stereocenters. The van der Waals surface area contributed by atoms with Crippen LogP contribution in [0.15, 0.2) is 30.3 Å². The highest BCUT2D eigenvalue weighted by Gasteiger charge is 2.59. The summed E-state index contributed by atoms with van der Waals surface area (Å²) < 4.78 is 5.52. The predicted molar refractivity (Wildman–Crippen MR) is 97.5 cm³/mol. The first-order valence-corrected chi connectivity index (χ1v) is 9.88. The van der Waals surface area contributed by atoms with Gasteiger partial charge in [0.25, 0.3) is 0 Å². The van der Waals surface area contributed by atoms with Crippen LogP contribution >= 0.6 is 0 Å². The van der Waals surface area contributed by atoms with E-state index in [0.717, 1.165) is 37.7 Å². The molecule has 5 nitrogen and oxygen atoms in total. The van der Waals surface area contributed by atoms with Gasteiger partial charge >= 0.3 is 6.03 Å². The third-order valence-electron chi connectivity index (χ3n) is 7.32. The van der Waals surface area contributed by atoms with Gasteiger partial charge in [0.15, 0.2) is 0 Å². The minimum absolute atomic E-state index is 0.0235. The smallest absolute Gasteiger partial charge is 0.318 e. The second-order valence-electron chi connectivity index (χ2n) is 9.12. The van der Waals surface area contributed by atoms with Crippen molar-refractivity contribution in [3.8, 4) is 0 Å². The summed E-state index contributed by atoms with van der Waals surface area (Å²) >= 11 is 0. The summed E-state index contributed by atoms with van der Waals surface area (Å²) in [4.78, 5) is 15.1. The van der Waals surface area contributed by atoms with Crippen LogP contribution in [0.4, 0.5) is 4.79 Å². The van der Waals surface area contributed by atoms with E-state index in [1.165, 1.54) is 0 Å². The number of hydrogen-bond donors (Lipinski definition) is 2. The van der Waals surface area contributed by atoms with E-state index in [4.69, 9.17) is 4.74 Å². The molecule has 4 aliphatic carbocycles. The molecular formula is C21H28N2O3. The van der Waals surface area contributed by atoms with Gasteiger partial charge in [-0.3, -0.25) is 0 Å². The van der Waals surface area contributed by atoms with Gasteiger partial charge in [-0.25, -0.2) is 4.79 Å². The van der Waals surface area contributed by atoms with Gasteiger partial charge in [0.05, 0.1) is 18.8 Å². The highest BCUT2D eigenvalue weighted by Crippen LogP contribution is 2.57. The zero-order valence-electron chi connectivity index (χ0n) is 15.4. The number of nitrogens with one attached hydrogen (secondary N) is 1. The van der Waals surface area contributed by atoms with Crippen molar-refractivity contribution in [3.63, 3.8) is 0 Å². The Hall–Kier alpha value is -1.59. The van der Waals surface area contributed by atoms with Crippen LogP contribution in [0, 0.1) is 17.8 Å². The summed E-state index contributed by atoms with van der Waals surface area (Å²) in [6.45, 7) is 1.11. The monoisotopic (exact) mass is 356 g/mol. The number of carbonyl (C=O) groups excluding carboxylic acids is 1. The van der Waals surface area contributed by atoms with Gasteiger partial charge in [0, 0.05) is 13.2 Å². The van der Waals surface area contributed by atoms with Gasteiger partial charge in [0.1, 0.15) is 5.54 Å². The Morgan fingerprint density at radius 2 is 1.88 bits per heavy atom. The average Bonchev–Trinajstić information content (AvgIpc) is 2.92. The summed E-state index contributed by atoms with van der Waals surface area (Å²) in [7, 11) is 1.69.